The molecule has 1 fully saturated rings. The monoisotopic (exact) mass is 446 g/mol. The first-order valence-electron chi connectivity index (χ1n) is 11.8. The lowest BCUT2D eigenvalue weighted by Crippen LogP contribution is -2.51. The van der Waals surface area contributed by atoms with Crippen molar-refractivity contribution in [1.82, 2.24) is 10.2 Å². The summed E-state index contributed by atoms with van der Waals surface area (Å²) in [5.41, 5.74) is 2.71. The van der Waals surface area contributed by atoms with E-state index < -0.39 is 6.09 Å². The Morgan fingerprint density at radius 3 is 2.24 bits per heavy atom. The number of ether oxygens (including phenoxy) is 1. The van der Waals surface area contributed by atoms with Crippen LogP contribution in [0.25, 0.3) is 0 Å². The summed E-state index contributed by atoms with van der Waals surface area (Å²) in [6.45, 7) is 0. The second-order valence-electron chi connectivity index (χ2n) is 9.30. The Bertz CT molecular complexity index is 1010. The van der Waals surface area contributed by atoms with Crippen molar-refractivity contribution >= 4 is 6.09 Å². The summed E-state index contributed by atoms with van der Waals surface area (Å²) in [5.74, 6) is 1.01. The van der Waals surface area contributed by atoms with Crippen LogP contribution in [0.4, 0.5) is 4.79 Å². The molecule has 5 heteroatoms. The van der Waals surface area contributed by atoms with E-state index in [4.69, 9.17) is 9.15 Å². The molecule has 0 atom stereocenters. The zero-order valence-electron chi connectivity index (χ0n) is 19.6. The summed E-state index contributed by atoms with van der Waals surface area (Å²) >= 11 is 0. The van der Waals surface area contributed by atoms with E-state index in [9.17, 15) is 4.79 Å². The zero-order chi connectivity index (χ0) is 23.1. The minimum atomic E-state index is -0.442. The molecule has 1 aromatic heterocycles. The molecule has 4 rings (SSSR count). The van der Waals surface area contributed by atoms with E-state index in [1.54, 1.807) is 6.07 Å². The molecule has 1 heterocycles. The number of nitrogens with zero attached hydrogens (tertiary/aromatic N) is 1. The van der Waals surface area contributed by atoms with Gasteiger partial charge in [0.15, 0.2) is 0 Å². The van der Waals surface area contributed by atoms with Crippen molar-refractivity contribution in [2.75, 3.05) is 14.1 Å². The van der Waals surface area contributed by atoms with Crippen molar-refractivity contribution in [2.24, 2.45) is 0 Å². The first kappa shape index (κ1) is 23.1. The summed E-state index contributed by atoms with van der Waals surface area (Å²) in [4.78, 5) is 14.8. The summed E-state index contributed by atoms with van der Waals surface area (Å²) in [5, 5.41) is 3.04. The summed E-state index contributed by atoms with van der Waals surface area (Å²) < 4.78 is 11.1. The van der Waals surface area contributed by atoms with E-state index in [0.29, 0.717) is 6.42 Å². The molecule has 1 amide bonds. The Kier molecular flexibility index (Phi) is 7.50. The molecule has 0 aliphatic heterocycles. The van der Waals surface area contributed by atoms with Crippen molar-refractivity contribution in [3.63, 3.8) is 0 Å². The highest BCUT2D eigenvalue weighted by atomic mass is 16.6. The number of nitrogens with one attached hydrogen (secondary N) is 1. The maximum Gasteiger partial charge on any atom is 0.415 e. The van der Waals surface area contributed by atoms with Gasteiger partial charge in [-0.15, -0.1) is 0 Å². The van der Waals surface area contributed by atoms with Crippen molar-refractivity contribution in [3.05, 3.63) is 89.7 Å². The largest absolute Gasteiger partial charge is 0.430 e. The summed E-state index contributed by atoms with van der Waals surface area (Å²) in [6, 6.07) is 24.4. The van der Waals surface area contributed by atoms with E-state index in [1.807, 2.05) is 36.4 Å². The highest BCUT2D eigenvalue weighted by Crippen LogP contribution is 2.36. The lowest BCUT2D eigenvalue weighted by atomic mass is 9.75. The van der Waals surface area contributed by atoms with Crippen molar-refractivity contribution in [3.8, 4) is 5.95 Å². The van der Waals surface area contributed by atoms with Crippen LogP contribution in [-0.4, -0.2) is 36.7 Å². The van der Waals surface area contributed by atoms with Gasteiger partial charge in [0.05, 0.1) is 0 Å². The molecule has 174 valence electrons. The van der Waals surface area contributed by atoms with Gasteiger partial charge in [0.25, 0.3) is 5.95 Å². The third kappa shape index (κ3) is 6.26. The van der Waals surface area contributed by atoms with Gasteiger partial charge >= 0.3 is 6.09 Å². The van der Waals surface area contributed by atoms with Crippen molar-refractivity contribution in [1.29, 1.82) is 0 Å². The predicted molar refractivity (Wildman–Crippen MR) is 131 cm³/mol. The topological polar surface area (TPSA) is 54.7 Å². The fourth-order valence-corrected chi connectivity index (χ4v) is 4.83. The minimum Gasteiger partial charge on any atom is -0.430 e. The van der Waals surface area contributed by atoms with Gasteiger partial charge in [0.1, 0.15) is 5.76 Å². The fraction of sp³-hybridized carbons (Fsp3) is 0.393. The van der Waals surface area contributed by atoms with Gasteiger partial charge in [-0.1, -0.05) is 60.7 Å². The highest BCUT2D eigenvalue weighted by Gasteiger charge is 2.37. The van der Waals surface area contributed by atoms with Crippen LogP contribution >= 0.6 is 0 Å². The maximum absolute atomic E-state index is 12.5. The van der Waals surface area contributed by atoms with E-state index in [1.165, 1.54) is 5.56 Å². The normalized spacial score (nSPS) is 20.5. The Morgan fingerprint density at radius 1 is 0.970 bits per heavy atom. The molecular weight excluding hydrogens is 412 g/mol. The molecule has 1 aliphatic rings. The van der Waals surface area contributed by atoms with E-state index in [2.05, 4.69) is 54.6 Å². The number of hydrogen-bond donors (Lipinski definition) is 1. The van der Waals surface area contributed by atoms with E-state index in [-0.39, 0.29) is 17.5 Å². The molecule has 0 saturated heterocycles. The minimum absolute atomic E-state index is 0.126. The van der Waals surface area contributed by atoms with Gasteiger partial charge in [-0.3, -0.25) is 0 Å². The molecule has 0 bridgehead atoms. The highest BCUT2D eigenvalue weighted by molar-refractivity contribution is 5.70. The molecule has 1 aliphatic carbocycles. The average molecular weight is 447 g/mol. The van der Waals surface area contributed by atoms with Crippen LogP contribution in [0.2, 0.25) is 0 Å². The van der Waals surface area contributed by atoms with Gasteiger partial charge in [-0.2, -0.15) is 0 Å². The molecule has 33 heavy (non-hydrogen) atoms. The Morgan fingerprint density at radius 2 is 1.61 bits per heavy atom. The molecule has 0 radical (unpaired) electrons. The average Bonchev–Trinajstić information content (AvgIpc) is 3.26. The third-order valence-electron chi connectivity index (χ3n) is 6.96. The SMILES string of the molecule is CN(C)C1(CCc2ccccc2)CCC(NC(=O)Oc2ccc(Cc3ccccc3)o2)CC1. The van der Waals surface area contributed by atoms with Crippen LogP contribution in [0.15, 0.2) is 77.2 Å². The smallest absolute Gasteiger partial charge is 0.415 e. The van der Waals surface area contributed by atoms with Gasteiger partial charge in [-0.25, -0.2) is 4.79 Å². The zero-order valence-corrected chi connectivity index (χ0v) is 19.6. The van der Waals surface area contributed by atoms with Gasteiger partial charge in [0.2, 0.25) is 0 Å². The van der Waals surface area contributed by atoms with Crippen LogP contribution in [-0.2, 0) is 12.8 Å². The standard InChI is InChI=1S/C28H34N2O3/c1-30(2)28(18-15-22-9-5-3-6-10-22)19-16-24(17-20-28)29-27(31)33-26-14-13-25(32-26)21-23-11-7-4-8-12-23/h3-14,24H,15-21H2,1-2H3,(H,29,31). The molecule has 1 N–H and O–H groups in total. The first-order valence-corrected chi connectivity index (χ1v) is 11.8. The number of carbonyl (C=O) groups excluding carboxylic acids is 1. The molecule has 3 aromatic rings. The number of hydrogen-bond acceptors (Lipinski definition) is 4. The first-order chi connectivity index (χ1) is 16.0. The lowest BCUT2D eigenvalue weighted by molar-refractivity contribution is 0.0779. The van der Waals surface area contributed by atoms with Crippen molar-refractivity contribution in [2.45, 2.75) is 56.5 Å². The molecule has 1 saturated carbocycles. The van der Waals surface area contributed by atoms with Crippen LogP contribution in [0.1, 0.15) is 49.0 Å². The van der Waals surface area contributed by atoms with E-state index in [0.717, 1.165) is 49.8 Å². The lowest BCUT2D eigenvalue weighted by Gasteiger charge is -2.45. The molecule has 0 spiro atoms. The molecule has 0 unspecified atom stereocenters. The third-order valence-corrected chi connectivity index (χ3v) is 6.96. The number of benzene rings is 2. The second kappa shape index (κ2) is 10.7. The van der Waals surface area contributed by atoms with E-state index >= 15 is 0 Å². The molecular formula is C28H34N2O3. The van der Waals surface area contributed by atoms with Crippen molar-refractivity contribution < 1.29 is 13.9 Å². The Hall–Kier alpha value is -3.05. The Balaban J connectivity index is 1.25. The number of carbonyl (C=O) groups is 1. The fourth-order valence-electron chi connectivity index (χ4n) is 4.83. The van der Waals surface area contributed by atoms with Gasteiger partial charge < -0.3 is 19.4 Å². The number of furan rings is 1. The summed E-state index contributed by atoms with van der Waals surface area (Å²) in [6.07, 6.45) is 6.42. The van der Waals surface area contributed by atoms with Crippen LogP contribution in [0, 0.1) is 0 Å². The van der Waals surface area contributed by atoms with Gasteiger partial charge in [-0.05, 0) is 69.8 Å². The number of rotatable bonds is 8. The van der Waals surface area contributed by atoms with Crippen LogP contribution < -0.4 is 10.1 Å². The molecule has 5 nitrogen and oxygen atoms in total. The number of aryl methyl sites for hydroxylation is 1. The number of amides is 1. The molecule has 2 aromatic carbocycles. The second-order valence-corrected chi connectivity index (χ2v) is 9.30. The Labute approximate surface area is 196 Å². The van der Waals surface area contributed by atoms with Crippen LogP contribution in [0.5, 0.6) is 5.95 Å². The summed E-state index contributed by atoms with van der Waals surface area (Å²) in [7, 11) is 4.36. The van der Waals surface area contributed by atoms with Crippen LogP contribution in [0.3, 0.4) is 0 Å². The predicted octanol–water partition coefficient (Wildman–Crippen LogP) is 5.83. The van der Waals surface area contributed by atoms with Gasteiger partial charge in [0, 0.05) is 24.1 Å². The maximum atomic E-state index is 12.5. The quantitative estimate of drug-likeness (QED) is 0.473.